The minimum atomic E-state index is 0.714. The van der Waals surface area contributed by atoms with E-state index < -0.39 is 0 Å². The van der Waals surface area contributed by atoms with Crippen LogP contribution < -0.4 is 11.1 Å². The third kappa shape index (κ3) is 2.57. The van der Waals surface area contributed by atoms with E-state index in [0.29, 0.717) is 6.54 Å². The summed E-state index contributed by atoms with van der Waals surface area (Å²) in [5.41, 5.74) is 8.21. The maximum absolute atomic E-state index is 5.45. The van der Waals surface area contributed by atoms with Crippen LogP contribution in [0, 0.1) is 13.8 Å². The molecule has 0 saturated carbocycles. The van der Waals surface area contributed by atoms with E-state index in [-0.39, 0.29) is 0 Å². The predicted molar refractivity (Wildman–Crippen MR) is 78.0 cm³/mol. The van der Waals surface area contributed by atoms with Crippen LogP contribution in [0.2, 0.25) is 0 Å². The van der Waals surface area contributed by atoms with Crippen molar-refractivity contribution in [1.29, 1.82) is 0 Å². The second-order valence-electron chi connectivity index (χ2n) is 4.76. The minimum Gasteiger partial charge on any atom is -0.348 e. The topological polar surface area (TPSA) is 43.0 Å². The Morgan fingerprint density at radius 1 is 1.06 bits per heavy atom. The zero-order chi connectivity index (χ0) is 13.0. The lowest BCUT2D eigenvalue weighted by atomic mass is 10.1. The minimum absolute atomic E-state index is 0.714. The molecule has 2 aromatic rings. The van der Waals surface area contributed by atoms with Crippen molar-refractivity contribution in [2.24, 2.45) is 5.73 Å². The van der Waals surface area contributed by atoms with Crippen molar-refractivity contribution in [3.8, 4) is 0 Å². The standard InChI is InChI=1S/C15H23N3/c1-12-14-6-3-4-7-15(14)13(2)18(12)11-5-9-17-10-8-16/h3-4,6-7,17H,5,8-11,16H2,1-2H3. The molecule has 1 heterocycles. The summed E-state index contributed by atoms with van der Waals surface area (Å²) in [6, 6.07) is 8.64. The second-order valence-corrected chi connectivity index (χ2v) is 4.76. The Labute approximate surface area is 109 Å². The average Bonchev–Trinajstić information content (AvgIpc) is 2.64. The normalized spacial score (nSPS) is 11.3. The molecule has 0 bridgehead atoms. The molecule has 0 aliphatic rings. The van der Waals surface area contributed by atoms with Crippen LogP contribution in [0.5, 0.6) is 0 Å². The SMILES string of the molecule is Cc1c2ccccc2c(C)n1CCCNCCN. The van der Waals surface area contributed by atoms with Crippen LogP contribution in [0.15, 0.2) is 24.3 Å². The molecule has 3 heteroatoms. The van der Waals surface area contributed by atoms with E-state index in [1.165, 1.54) is 22.2 Å². The van der Waals surface area contributed by atoms with Gasteiger partial charge in [-0.25, -0.2) is 0 Å². The summed E-state index contributed by atoms with van der Waals surface area (Å²) < 4.78 is 2.43. The Kier molecular flexibility index (Phi) is 4.39. The van der Waals surface area contributed by atoms with Gasteiger partial charge in [-0.05, 0) is 26.8 Å². The van der Waals surface area contributed by atoms with E-state index in [9.17, 15) is 0 Å². The lowest BCUT2D eigenvalue weighted by Crippen LogP contribution is -2.24. The highest BCUT2D eigenvalue weighted by Crippen LogP contribution is 2.25. The lowest BCUT2D eigenvalue weighted by Gasteiger charge is -2.09. The second kappa shape index (κ2) is 6.03. The summed E-state index contributed by atoms with van der Waals surface area (Å²) in [6.07, 6.45) is 1.14. The molecule has 0 unspecified atom stereocenters. The molecule has 0 fully saturated rings. The van der Waals surface area contributed by atoms with Gasteiger partial charge in [-0.2, -0.15) is 0 Å². The van der Waals surface area contributed by atoms with Crippen molar-refractivity contribution in [3.63, 3.8) is 0 Å². The van der Waals surface area contributed by atoms with Crippen LogP contribution in [0.1, 0.15) is 17.8 Å². The fourth-order valence-corrected chi connectivity index (χ4v) is 2.58. The first kappa shape index (κ1) is 13.1. The van der Waals surface area contributed by atoms with E-state index in [4.69, 9.17) is 5.73 Å². The van der Waals surface area contributed by atoms with Gasteiger partial charge in [0.25, 0.3) is 0 Å². The Bertz CT molecular complexity index is 475. The molecule has 3 N–H and O–H groups in total. The molecule has 0 saturated heterocycles. The van der Waals surface area contributed by atoms with Gasteiger partial charge in [-0.3, -0.25) is 0 Å². The Hall–Kier alpha value is -1.32. The van der Waals surface area contributed by atoms with E-state index in [1.54, 1.807) is 0 Å². The van der Waals surface area contributed by atoms with Crippen LogP contribution >= 0.6 is 0 Å². The first-order valence-electron chi connectivity index (χ1n) is 6.71. The third-order valence-corrected chi connectivity index (χ3v) is 3.57. The summed E-state index contributed by atoms with van der Waals surface area (Å²) in [5, 5.41) is 6.10. The fraction of sp³-hybridized carbons (Fsp3) is 0.467. The predicted octanol–water partition coefficient (Wildman–Crippen LogP) is 2.20. The van der Waals surface area contributed by atoms with Gasteiger partial charge in [0, 0.05) is 41.8 Å². The van der Waals surface area contributed by atoms with Gasteiger partial charge in [0.15, 0.2) is 0 Å². The van der Waals surface area contributed by atoms with E-state index in [0.717, 1.165) is 26.1 Å². The molecule has 0 spiro atoms. The Morgan fingerprint density at radius 2 is 1.67 bits per heavy atom. The van der Waals surface area contributed by atoms with Crippen molar-refractivity contribution in [2.75, 3.05) is 19.6 Å². The summed E-state index contributed by atoms with van der Waals surface area (Å²) in [4.78, 5) is 0. The molecule has 0 aliphatic heterocycles. The molecule has 0 aliphatic carbocycles. The molecule has 18 heavy (non-hydrogen) atoms. The smallest absolute Gasteiger partial charge is 0.0237 e. The molecule has 1 aromatic carbocycles. The zero-order valence-electron chi connectivity index (χ0n) is 11.4. The highest BCUT2D eigenvalue weighted by Gasteiger charge is 2.09. The number of nitrogens with zero attached hydrogens (tertiary/aromatic N) is 1. The number of fused-ring (bicyclic) bond motifs is 1. The van der Waals surface area contributed by atoms with E-state index in [2.05, 4.69) is 48.0 Å². The van der Waals surface area contributed by atoms with Crippen molar-refractivity contribution < 1.29 is 0 Å². The summed E-state index contributed by atoms with van der Waals surface area (Å²) in [7, 11) is 0. The largest absolute Gasteiger partial charge is 0.348 e. The van der Waals surface area contributed by atoms with Gasteiger partial charge >= 0.3 is 0 Å². The summed E-state index contributed by atoms with van der Waals surface area (Å²) in [5.74, 6) is 0. The van der Waals surface area contributed by atoms with Gasteiger partial charge in [0.1, 0.15) is 0 Å². The van der Waals surface area contributed by atoms with Crippen LogP contribution in [0.4, 0.5) is 0 Å². The van der Waals surface area contributed by atoms with Crippen molar-refractivity contribution in [3.05, 3.63) is 35.7 Å². The number of aromatic nitrogens is 1. The van der Waals surface area contributed by atoms with Crippen molar-refractivity contribution >= 4 is 10.8 Å². The van der Waals surface area contributed by atoms with Crippen LogP contribution in [-0.4, -0.2) is 24.2 Å². The summed E-state index contributed by atoms with van der Waals surface area (Å²) >= 11 is 0. The highest BCUT2D eigenvalue weighted by molar-refractivity contribution is 5.88. The first-order valence-corrected chi connectivity index (χ1v) is 6.71. The molecule has 0 amide bonds. The quantitative estimate of drug-likeness (QED) is 0.766. The molecular formula is C15H23N3. The number of nitrogens with two attached hydrogens (primary N) is 1. The van der Waals surface area contributed by atoms with Crippen LogP contribution in [-0.2, 0) is 6.54 Å². The molecule has 3 nitrogen and oxygen atoms in total. The van der Waals surface area contributed by atoms with Crippen LogP contribution in [0.25, 0.3) is 10.8 Å². The average molecular weight is 245 g/mol. The monoisotopic (exact) mass is 245 g/mol. The number of hydrogen-bond acceptors (Lipinski definition) is 2. The first-order chi connectivity index (χ1) is 8.75. The summed E-state index contributed by atoms with van der Waals surface area (Å²) in [6.45, 7) is 8.15. The highest BCUT2D eigenvalue weighted by atomic mass is 15.0. The number of rotatable bonds is 6. The number of benzene rings is 1. The van der Waals surface area contributed by atoms with Gasteiger partial charge in [-0.15, -0.1) is 0 Å². The fourth-order valence-electron chi connectivity index (χ4n) is 2.58. The Morgan fingerprint density at radius 3 is 2.22 bits per heavy atom. The molecular weight excluding hydrogens is 222 g/mol. The van der Waals surface area contributed by atoms with E-state index >= 15 is 0 Å². The molecule has 1 aromatic heterocycles. The van der Waals surface area contributed by atoms with Gasteiger partial charge in [0.2, 0.25) is 0 Å². The Balaban J connectivity index is 2.08. The third-order valence-electron chi connectivity index (χ3n) is 3.57. The number of nitrogens with one attached hydrogen (secondary N) is 1. The van der Waals surface area contributed by atoms with Crippen molar-refractivity contribution in [2.45, 2.75) is 26.8 Å². The van der Waals surface area contributed by atoms with Gasteiger partial charge < -0.3 is 15.6 Å². The number of aryl methyl sites for hydroxylation is 2. The molecule has 2 rings (SSSR count). The van der Waals surface area contributed by atoms with Gasteiger partial charge in [0.05, 0.1) is 0 Å². The maximum atomic E-state index is 5.45. The molecule has 98 valence electrons. The lowest BCUT2D eigenvalue weighted by molar-refractivity contribution is 0.573. The van der Waals surface area contributed by atoms with Gasteiger partial charge in [-0.1, -0.05) is 24.3 Å². The zero-order valence-corrected chi connectivity index (χ0v) is 11.4. The molecule has 0 radical (unpaired) electrons. The molecule has 0 atom stereocenters. The van der Waals surface area contributed by atoms with Crippen molar-refractivity contribution in [1.82, 2.24) is 9.88 Å². The van der Waals surface area contributed by atoms with Crippen LogP contribution in [0.3, 0.4) is 0 Å². The maximum Gasteiger partial charge on any atom is 0.0237 e. The van der Waals surface area contributed by atoms with E-state index in [1.807, 2.05) is 0 Å². The number of hydrogen-bond donors (Lipinski definition) is 2.